The molecule has 5 N–H and O–H groups in total. The molecule has 7 heteroatoms. The van der Waals surface area contributed by atoms with Crippen molar-refractivity contribution < 1.29 is 14.3 Å². The topological polar surface area (TPSA) is 111 Å². The minimum atomic E-state index is -0.735. The number of carbonyl (C=O) groups is 2. The molecule has 0 unspecified atom stereocenters. The highest BCUT2D eigenvalue weighted by molar-refractivity contribution is 5.99. The summed E-state index contributed by atoms with van der Waals surface area (Å²) in [5, 5.41) is 2.60. The molecule has 116 valence electrons. The Bertz CT molecular complexity index is 494. The largest absolute Gasteiger partial charge is 0.443 e. The standard InChI is InChI=1S/C14H22N4O3/c1-14(2,3)21-13(20)18(9-8-15)12(19)17-11-6-4-10(16)5-7-11/h4-7H,8-9,15-16H2,1-3H3,(H,17,19). The van der Waals surface area contributed by atoms with Crippen LogP contribution < -0.4 is 16.8 Å². The van der Waals surface area contributed by atoms with Gasteiger partial charge in [0, 0.05) is 24.5 Å². The van der Waals surface area contributed by atoms with Crippen molar-refractivity contribution in [2.45, 2.75) is 26.4 Å². The van der Waals surface area contributed by atoms with Crippen LogP contribution in [0.2, 0.25) is 0 Å². The lowest BCUT2D eigenvalue weighted by atomic mass is 10.2. The van der Waals surface area contributed by atoms with Crippen LogP contribution in [0.3, 0.4) is 0 Å². The second-order valence-electron chi connectivity index (χ2n) is 5.47. The fourth-order valence-corrected chi connectivity index (χ4v) is 1.48. The quantitative estimate of drug-likeness (QED) is 0.738. The van der Waals surface area contributed by atoms with E-state index in [4.69, 9.17) is 16.2 Å². The van der Waals surface area contributed by atoms with Crippen molar-refractivity contribution in [3.8, 4) is 0 Å². The summed E-state index contributed by atoms with van der Waals surface area (Å²) in [7, 11) is 0. The number of nitrogens with one attached hydrogen (secondary N) is 1. The second-order valence-corrected chi connectivity index (χ2v) is 5.47. The van der Waals surface area contributed by atoms with E-state index in [2.05, 4.69) is 5.32 Å². The van der Waals surface area contributed by atoms with Gasteiger partial charge in [0.2, 0.25) is 0 Å². The normalized spacial score (nSPS) is 10.9. The zero-order valence-electron chi connectivity index (χ0n) is 12.6. The Kier molecular flexibility index (Phi) is 5.54. The lowest BCUT2D eigenvalue weighted by Crippen LogP contribution is -2.45. The van der Waals surface area contributed by atoms with Gasteiger partial charge in [-0.05, 0) is 45.0 Å². The van der Waals surface area contributed by atoms with Gasteiger partial charge in [-0.15, -0.1) is 0 Å². The number of anilines is 2. The van der Waals surface area contributed by atoms with Crippen molar-refractivity contribution in [3.05, 3.63) is 24.3 Å². The molecular formula is C14H22N4O3. The summed E-state index contributed by atoms with van der Waals surface area (Å²) in [4.78, 5) is 25.1. The van der Waals surface area contributed by atoms with Gasteiger partial charge >= 0.3 is 12.1 Å². The first-order valence-electron chi connectivity index (χ1n) is 6.60. The predicted molar refractivity (Wildman–Crippen MR) is 81.9 cm³/mol. The molecule has 1 aromatic rings. The lowest BCUT2D eigenvalue weighted by molar-refractivity contribution is 0.0337. The van der Waals surface area contributed by atoms with Crippen molar-refractivity contribution in [2.24, 2.45) is 5.73 Å². The molecular weight excluding hydrogens is 272 g/mol. The van der Waals surface area contributed by atoms with E-state index in [0.29, 0.717) is 11.4 Å². The van der Waals surface area contributed by atoms with Crippen molar-refractivity contribution in [2.75, 3.05) is 24.1 Å². The van der Waals surface area contributed by atoms with Crippen molar-refractivity contribution in [3.63, 3.8) is 0 Å². The average Bonchev–Trinajstić information content (AvgIpc) is 2.36. The van der Waals surface area contributed by atoms with E-state index in [9.17, 15) is 9.59 Å². The zero-order valence-corrected chi connectivity index (χ0v) is 12.6. The van der Waals surface area contributed by atoms with E-state index < -0.39 is 17.7 Å². The SMILES string of the molecule is CC(C)(C)OC(=O)N(CCN)C(=O)Nc1ccc(N)cc1. The van der Waals surface area contributed by atoms with Gasteiger partial charge in [-0.25, -0.2) is 14.5 Å². The Hall–Kier alpha value is -2.28. The van der Waals surface area contributed by atoms with E-state index in [1.807, 2.05) is 0 Å². The Labute approximate surface area is 124 Å². The lowest BCUT2D eigenvalue weighted by Gasteiger charge is -2.26. The van der Waals surface area contributed by atoms with Crippen LogP contribution in [0.4, 0.5) is 21.0 Å². The second kappa shape index (κ2) is 6.94. The number of amides is 3. The molecule has 1 rings (SSSR count). The van der Waals surface area contributed by atoms with E-state index in [0.717, 1.165) is 4.90 Å². The molecule has 0 aliphatic carbocycles. The van der Waals surface area contributed by atoms with Gasteiger partial charge in [0.1, 0.15) is 5.60 Å². The summed E-state index contributed by atoms with van der Waals surface area (Å²) in [6.45, 7) is 5.39. The molecule has 0 bridgehead atoms. The smallest absolute Gasteiger partial charge is 0.418 e. The number of carbonyl (C=O) groups excluding carboxylic acids is 2. The first-order chi connectivity index (χ1) is 9.73. The van der Waals surface area contributed by atoms with E-state index in [-0.39, 0.29) is 13.1 Å². The number of hydrogen-bond donors (Lipinski definition) is 3. The summed E-state index contributed by atoms with van der Waals surface area (Å²) in [5.74, 6) is 0. The molecule has 0 spiro atoms. The van der Waals surface area contributed by atoms with Crippen LogP contribution in [0.25, 0.3) is 0 Å². The summed E-state index contributed by atoms with van der Waals surface area (Å²) >= 11 is 0. The Morgan fingerprint density at radius 1 is 1.24 bits per heavy atom. The van der Waals surface area contributed by atoms with Crippen LogP contribution in [0.5, 0.6) is 0 Å². The highest BCUT2D eigenvalue weighted by Crippen LogP contribution is 2.13. The van der Waals surface area contributed by atoms with Gasteiger partial charge in [0.15, 0.2) is 0 Å². The number of hydrogen-bond acceptors (Lipinski definition) is 5. The Morgan fingerprint density at radius 2 is 1.81 bits per heavy atom. The van der Waals surface area contributed by atoms with Crippen LogP contribution in [0.15, 0.2) is 24.3 Å². The molecule has 0 aliphatic rings. The number of imide groups is 1. The summed E-state index contributed by atoms with van der Waals surface area (Å²) < 4.78 is 5.18. The first kappa shape index (κ1) is 16.8. The number of rotatable bonds is 3. The van der Waals surface area contributed by atoms with Crippen LogP contribution in [0, 0.1) is 0 Å². The Morgan fingerprint density at radius 3 is 2.29 bits per heavy atom. The van der Waals surface area contributed by atoms with Crippen molar-refractivity contribution >= 4 is 23.5 Å². The third-order valence-corrected chi connectivity index (χ3v) is 2.37. The summed E-state index contributed by atoms with van der Waals surface area (Å²) in [6.07, 6.45) is -0.735. The minimum Gasteiger partial charge on any atom is -0.443 e. The molecule has 0 heterocycles. The number of ether oxygens (including phenoxy) is 1. The number of nitrogens with zero attached hydrogens (tertiary/aromatic N) is 1. The van der Waals surface area contributed by atoms with Gasteiger partial charge in [0.05, 0.1) is 0 Å². The molecule has 0 radical (unpaired) electrons. The molecule has 3 amide bonds. The summed E-state index contributed by atoms with van der Waals surface area (Å²) in [5.41, 5.74) is 11.4. The molecule has 0 atom stereocenters. The highest BCUT2D eigenvalue weighted by Gasteiger charge is 2.26. The van der Waals surface area contributed by atoms with Crippen molar-refractivity contribution in [1.29, 1.82) is 0 Å². The minimum absolute atomic E-state index is 0.0652. The van der Waals surface area contributed by atoms with Gasteiger partial charge < -0.3 is 21.5 Å². The molecule has 21 heavy (non-hydrogen) atoms. The molecule has 7 nitrogen and oxygen atoms in total. The molecule has 0 saturated heterocycles. The molecule has 0 aromatic heterocycles. The molecule has 0 fully saturated rings. The fourth-order valence-electron chi connectivity index (χ4n) is 1.48. The predicted octanol–water partition coefficient (Wildman–Crippen LogP) is 2.00. The fraction of sp³-hybridized carbons (Fsp3) is 0.429. The maximum Gasteiger partial charge on any atom is 0.418 e. The summed E-state index contributed by atoms with van der Waals surface area (Å²) in [6, 6.07) is 5.98. The number of nitrogen functional groups attached to an aromatic ring is 1. The molecule has 0 saturated carbocycles. The van der Waals surface area contributed by atoms with Crippen LogP contribution in [-0.4, -0.2) is 35.7 Å². The van der Waals surface area contributed by atoms with Gasteiger partial charge in [-0.3, -0.25) is 0 Å². The van der Waals surface area contributed by atoms with Gasteiger partial charge in [-0.2, -0.15) is 0 Å². The highest BCUT2D eigenvalue weighted by atomic mass is 16.6. The zero-order chi connectivity index (χ0) is 16.0. The monoisotopic (exact) mass is 294 g/mol. The maximum absolute atomic E-state index is 12.1. The van der Waals surface area contributed by atoms with E-state index in [1.165, 1.54) is 0 Å². The van der Waals surface area contributed by atoms with E-state index >= 15 is 0 Å². The first-order valence-corrected chi connectivity index (χ1v) is 6.60. The van der Waals surface area contributed by atoms with Crippen LogP contribution >= 0.6 is 0 Å². The number of benzene rings is 1. The van der Waals surface area contributed by atoms with E-state index in [1.54, 1.807) is 45.0 Å². The van der Waals surface area contributed by atoms with Crippen LogP contribution in [-0.2, 0) is 4.74 Å². The van der Waals surface area contributed by atoms with Gasteiger partial charge in [-0.1, -0.05) is 0 Å². The average molecular weight is 294 g/mol. The maximum atomic E-state index is 12.1. The third kappa shape index (κ3) is 5.70. The van der Waals surface area contributed by atoms with Crippen molar-refractivity contribution in [1.82, 2.24) is 4.90 Å². The molecule has 0 aliphatic heterocycles. The number of urea groups is 1. The Balaban J connectivity index is 2.77. The van der Waals surface area contributed by atoms with Gasteiger partial charge in [0.25, 0.3) is 0 Å². The van der Waals surface area contributed by atoms with Crippen LogP contribution in [0.1, 0.15) is 20.8 Å². The third-order valence-electron chi connectivity index (χ3n) is 2.37. The number of nitrogens with two attached hydrogens (primary N) is 2. The molecule has 1 aromatic carbocycles.